The fourth-order valence-electron chi connectivity index (χ4n) is 2.36. The second-order valence-electron chi connectivity index (χ2n) is 5.97. The highest BCUT2D eigenvalue weighted by Gasteiger charge is 2.45. The maximum absolute atomic E-state index is 11.9. The maximum atomic E-state index is 11.9. The van der Waals surface area contributed by atoms with Crippen molar-refractivity contribution in [3.8, 4) is 0 Å². The van der Waals surface area contributed by atoms with Crippen LogP contribution in [0, 0.1) is 5.92 Å². The molecular weight excluding hydrogens is 336 g/mol. The SMILES string of the molecule is CC[C@H](C)[C@H](N)C(=O)OC[C@H]1O[C@@H](n2ncc(=O)[nH]c2=O)C(O)[C@H]1O. The van der Waals surface area contributed by atoms with Crippen LogP contribution in [-0.2, 0) is 14.3 Å². The molecule has 0 saturated carbocycles. The zero-order chi connectivity index (χ0) is 18.7. The quantitative estimate of drug-likeness (QED) is 0.400. The number of aliphatic hydroxyl groups is 2. The molecule has 1 aliphatic heterocycles. The summed E-state index contributed by atoms with van der Waals surface area (Å²) in [6.45, 7) is 3.34. The number of H-pyrrole nitrogens is 1. The van der Waals surface area contributed by atoms with E-state index < -0.39 is 47.8 Å². The summed E-state index contributed by atoms with van der Waals surface area (Å²) in [5.74, 6) is -0.730. The molecule has 1 unspecified atom stereocenters. The van der Waals surface area contributed by atoms with Gasteiger partial charge in [0.15, 0.2) is 6.23 Å². The van der Waals surface area contributed by atoms with E-state index in [-0.39, 0.29) is 12.5 Å². The van der Waals surface area contributed by atoms with Gasteiger partial charge in [-0.2, -0.15) is 9.78 Å². The van der Waals surface area contributed by atoms with E-state index >= 15 is 0 Å². The van der Waals surface area contributed by atoms with Crippen molar-refractivity contribution < 1.29 is 24.5 Å². The van der Waals surface area contributed by atoms with Crippen molar-refractivity contribution in [2.75, 3.05) is 6.61 Å². The van der Waals surface area contributed by atoms with Crippen molar-refractivity contribution >= 4 is 5.97 Å². The van der Waals surface area contributed by atoms with Gasteiger partial charge in [-0.15, -0.1) is 0 Å². The van der Waals surface area contributed by atoms with Crippen LogP contribution in [0.5, 0.6) is 0 Å². The van der Waals surface area contributed by atoms with Gasteiger partial charge in [-0.05, 0) is 5.92 Å². The summed E-state index contributed by atoms with van der Waals surface area (Å²) in [4.78, 5) is 36.6. The summed E-state index contributed by atoms with van der Waals surface area (Å²) in [7, 11) is 0. The van der Waals surface area contributed by atoms with E-state index in [1.54, 1.807) is 6.92 Å². The number of hydrogen-bond donors (Lipinski definition) is 4. The molecule has 1 fully saturated rings. The fourth-order valence-corrected chi connectivity index (χ4v) is 2.36. The summed E-state index contributed by atoms with van der Waals surface area (Å²) >= 11 is 0. The number of nitrogens with zero attached hydrogens (tertiary/aromatic N) is 2. The molecule has 1 saturated heterocycles. The molecule has 0 spiro atoms. The van der Waals surface area contributed by atoms with Crippen LogP contribution in [0.4, 0.5) is 0 Å². The van der Waals surface area contributed by atoms with Crippen LogP contribution < -0.4 is 17.0 Å². The monoisotopic (exact) mass is 358 g/mol. The van der Waals surface area contributed by atoms with Crippen molar-refractivity contribution in [3.63, 3.8) is 0 Å². The van der Waals surface area contributed by atoms with Crippen molar-refractivity contribution in [2.45, 2.75) is 50.8 Å². The molecule has 1 aromatic rings. The Morgan fingerprint density at radius 3 is 2.76 bits per heavy atom. The summed E-state index contributed by atoms with van der Waals surface area (Å²) in [6.07, 6.45) is -3.79. The lowest BCUT2D eigenvalue weighted by Crippen LogP contribution is -2.41. The van der Waals surface area contributed by atoms with E-state index in [1.807, 2.05) is 11.9 Å². The lowest BCUT2D eigenvalue weighted by Gasteiger charge is -2.19. The van der Waals surface area contributed by atoms with Crippen LogP contribution in [0.3, 0.4) is 0 Å². The average molecular weight is 358 g/mol. The van der Waals surface area contributed by atoms with Crippen LogP contribution in [-0.4, -0.2) is 61.9 Å². The summed E-state index contributed by atoms with van der Waals surface area (Å²) < 4.78 is 11.1. The summed E-state index contributed by atoms with van der Waals surface area (Å²) in [5, 5.41) is 23.6. The highest BCUT2D eigenvalue weighted by Crippen LogP contribution is 2.28. The van der Waals surface area contributed by atoms with E-state index in [2.05, 4.69) is 5.10 Å². The zero-order valence-corrected chi connectivity index (χ0v) is 13.9. The van der Waals surface area contributed by atoms with E-state index in [0.717, 1.165) is 6.20 Å². The molecule has 11 heteroatoms. The number of aromatic nitrogens is 3. The number of aliphatic hydroxyl groups excluding tert-OH is 2. The van der Waals surface area contributed by atoms with Crippen LogP contribution in [0.1, 0.15) is 26.5 Å². The number of carbonyl (C=O) groups is 1. The summed E-state index contributed by atoms with van der Waals surface area (Å²) in [5.41, 5.74) is 4.14. The smallest absolute Gasteiger partial charge is 0.347 e. The molecule has 0 radical (unpaired) electrons. The van der Waals surface area contributed by atoms with Crippen molar-refractivity contribution in [1.29, 1.82) is 0 Å². The first-order chi connectivity index (χ1) is 11.8. The van der Waals surface area contributed by atoms with E-state index in [0.29, 0.717) is 11.1 Å². The fraction of sp³-hybridized carbons (Fsp3) is 0.714. The van der Waals surface area contributed by atoms with Gasteiger partial charge in [0.2, 0.25) is 0 Å². The first kappa shape index (κ1) is 19.2. The third-order valence-corrected chi connectivity index (χ3v) is 4.23. The molecular formula is C14H22N4O7. The Morgan fingerprint density at radius 2 is 2.16 bits per heavy atom. The Hall–Kier alpha value is -2.08. The van der Waals surface area contributed by atoms with Gasteiger partial charge in [0.1, 0.15) is 37.2 Å². The molecule has 2 heterocycles. The average Bonchev–Trinajstić information content (AvgIpc) is 2.86. The van der Waals surface area contributed by atoms with Gasteiger partial charge in [-0.3, -0.25) is 14.6 Å². The summed E-state index contributed by atoms with van der Waals surface area (Å²) in [6, 6.07) is -0.812. The Labute approximate surface area is 142 Å². The molecule has 0 aliphatic carbocycles. The van der Waals surface area contributed by atoms with Crippen molar-refractivity contribution in [2.24, 2.45) is 11.7 Å². The van der Waals surface area contributed by atoms with Gasteiger partial charge in [0, 0.05) is 0 Å². The predicted octanol–water partition coefficient (Wildman–Crippen LogP) is -2.53. The number of nitrogens with one attached hydrogen (secondary N) is 1. The van der Waals surface area contributed by atoms with E-state index in [9.17, 15) is 24.6 Å². The molecule has 140 valence electrons. The van der Waals surface area contributed by atoms with Crippen LogP contribution >= 0.6 is 0 Å². The minimum Gasteiger partial charge on any atom is -0.462 e. The highest BCUT2D eigenvalue weighted by atomic mass is 16.6. The van der Waals surface area contributed by atoms with Gasteiger partial charge >= 0.3 is 11.7 Å². The number of ether oxygens (including phenoxy) is 2. The second-order valence-corrected chi connectivity index (χ2v) is 5.97. The first-order valence-electron chi connectivity index (χ1n) is 7.88. The number of rotatable bonds is 6. The molecule has 1 aromatic heterocycles. The molecule has 0 bridgehead atoms. The Kier molecular flexibility index (Phi) is 6.06. The van der Waals surface area contributed by atoms with Crippen LogP contribution in [0.25, 0.3) is 0 Å². The lowest BCUT2D eigenvalue weighted by molar-refractivity contribution is -0.153. The highest BCUT2D eigenvalue weighted by molar-refractivity contribution is 5.75. The van der Waals surface area contributed by atoms with Crippen molar-refractivity contribution in [3.05, 3.63) is 27.0 Å². The van der Waals surface area contributed by atoms with Crippen LogP contribution in [0.15, 0.2) is 15.8 Å². The number of nitrogens with two attached hydrogens (primary N) is 1. The number of hydrogen-bond acceptors (Lipinski definition) is 9. The van der Waals surface area contributed by atoms with Gasteiger partial charge < -0.3 is 25.4 Å². The predicted molar refractivity (Wildman–Crippen MR) is 83.4 cm³/mol. The maximum Gasteiger partial charge on any atom is 0.347 e. The molecule has 5 N–H and O–H groups in total. The third-order valence-electron chi connectivity index (χ3n) is 4.23. The number of esters is 1. The first-order valence-corrected chi connectivity index (χ1v) is 7.88. The Bertz CT molecular complexity index is 718. The van der Waals surface area contributed by atoms with Gasteiger partial charge in [-0.1, -0.05) is 20.3 Å². The molecule has 11 nitrogen and oxygen atoms in total. The lowest BCUT2D eigenvalue weighted by atomic mass is 10.0. The largest absolute Gasteiger partial charge is 0.462 e. The molecule has 1 aliphatic rings. The van der Waals surface area contributed by atoms with Gasteiger partial charge in [0.05, 0.1) is 0 Å². The topological polar surface area (TPSA) is 170 Å². The minimum atomic E-state index is -1.50. The molecule has 0 amide bonds. The molecule has 2 rings (SSSR count). The van der Waals surface area contributed by atoms with Gasteiger partial charge in [0.25, 0.3) is 5.56 Å². The van der Waals surface area contributed by atoms with Crippen LogP contribution in [0.2, 0.25) is 0 Å². The second kappa shape index (κ2) is 7.87. The standard InChI is InChI=1S/C14H22N4O7/c1-3-6(2)9(15)13(22)24-5-7-10(20)11(21)12(25-7)18-14(23)17-8(19)4-16-18/h4,6-7,9-12,20-21H,3,5,15H2,1-2H3,(H,17,19,23)/t6-,7+,9-,10-,11?,12+/m0/s1. The van der Waals surface area contributed by atoms with E-state index in [1.165, 1.54) is 0 Å². The molecule has 0 aromatic carbocycles. The van der Waals surface area contributed by atoms with Gasteiger partial charge in [-0.25, -0.2) is 4.79 Å². The zero-order valence-electron chi connectivity index (χ0n) is 13.9. The third kappa shape index (κ3) is 4.12. The normalized spacial score (nSPS) is 28.5. The van der Waals surface area contributed by atoms with Crippen molar-refractivity contribution in [1.82, 2.24) is 14.8 Å². The number of carbonyl (C=O) groups excluding carboxylic acids is 1. The Balaban J connectivity index is 2.03. The molecule has 6 atom stereocenters. The minimum absolute atomic E-state index is 0.0795. The Morgan fingerprint density at radius 1 is 1.48 bits per heavy atom. The molecule has 25 heavy (non-hydrogen) atoms. The van der Waals surface area contributed by atoms with E-state index in [4.69, 9.17) is 15.2 Å². The number of aromatic amines is 1.